The predicted octanol–water partition coefficient (Wildman–Crippen LogP) is 2.22. The number of carbonyl (C=O) groups is 2. The summed E-state index contributed by atoms with van der Waals surface area (Å²) in [7, 11) is 0. The molecule has 1 rings (SSSR count). The number of aromatic nitrogens is 1. The number of carbonyl (C=O) groups excluding carboxylic acids is 1. The van der Waals surface area contributed by atoms with Crippen molar-refractivity contribution < 1.29 is 24.4 Å². The van der Waals surface area contributed by atoms with Gasteiger partial charge >= 0.3 is 17.6 Å². The molecule has 1 atom stereocenters. The molecule has 0 radical (unpaired) electrons. The molecule has 0 fully saturated rings. The van der Waals surface area contributed by atoms with Crippen LogP contribution >= 0.6 is 0 Å². The number of hydrogen-bond acceptors (Lipinski definition) is 7. The van der Waals surface area contributed by atoms with Gasteiger partial charge in [-0.15, -0.1) is 0 Å². The molecular formula is C14H19N3O6. The Kier molecular flexibility index (Phi) is 6.91. The molecule has 0 aliphatic heterocycles. The van der Waals surface area contributed by atoms with E-state index in [4.69, 9.17) is 4.74 Å². The van der Waals surface area contributed by atoms with E-state index in [1.807, 2.05) is 6.92 Å². The van der Waals surface area contributed by atoms with Crippen molar-refractivity contribution in [3.05, 3.63) is 27.9 Å². The minimum absolute atomic E-state index is 0.0648. The highest BCUT2D eigenvalue weighted by molar-refractivity contribution is 5.96. The highest BCUT2D eigenvalue weighted by Crippen LogP contribution is 2.28. The van der Waals surface area contributed by atoms with E-state index in [0.717, 1.165) is 6.42 Å². The summed E-state index contributed by atoms with van der Waals surface area (Å²) >= 11 is 0. The van der Waals surface area contributed by atoms with Gasteiger partial charge in [-0.3, -0.25) is 10.1 Å². The molecule has 1 aromatic rings. The minimum Gasteiger partial charge on any atom is -0.480 e. The van der Waals surface area contributed by atoms with Crippen molar-refractivity contribution >= 4 is 23.4 Å². The molecule has 23 heavy (non-hydrogen) atoms. The molecule has 9 heteroatoms. The monoisotopic (exact) mass is 325 g/mol. The van der Waals surface area contributed by atoms with Crippen molar-refractivity contribution in [2.75, 3.05) is 11.9 Å². The molecular weight excluding hydrogens is 306 g/mol. The van der Waals surface area contributed by atoms with Crippen LogP contribution < -0.4 is 5.32 Å². The molecule has 0 amide bonds. The smallest absolute Gasteiger partial charge is 0.345 e. The minimum atomic E-state index is -1.14. The van der Waals surface area contributed by atoms with E-state index >= 15 is 0 Å². The number of aliphatic carboxylic acids is 1. The molecule has 9 nitrogen and oxygen atoms in total. The Balaban J connectivity index is 3.19. The van der Waals surface area contributed by atoms with Crippen LogP contribution in [0.15, 0.2) is 12.3 Å². The molecule has 1 aromatic heterocycles. The van der Waals surface area contributed by atoms with E-state index in [2.05, 4.69) is 10.3 Å². The third kappa shape index (κ3) is 4.90. The first-order chi connectivity index (χ1) is 10.9. The number of nitro groups is 1. The number of carboxylic acids is 1. The summed E-state index contributed by atoms with van der Waals surface area (Å²) in [5.41, 5.74) is -0.859. The van der Waals surface area contributed by atoms with Crippen molar-refractivity contribution in [3.8, 4) is 0 Å². The van der Waals surface area contributed by atoms with E-state index in [1.165, 1.54) is 12.3 Å². The lowest BCUT2D eigenvalue weighted by molar-refractivity contribution is -0.384. The second kappa shape index (κ2) is 8.66. The van der Waals surface area contributed by atoms with E-state index in [0.29, 0.717) is 6.42 Å². The lowest BCUT2D eigenvalue weighted by Crippen LogP contribution is -2.30. The van der Waals surface area contributed by atoms with Crippen LogP contribution in [0.2, 0.25) is 0 Å². The van der Waals surface area contributed by atoms with Crippen LogP contribution in [0.4, 0.5) is 11.5 Å². The summed E-state index contributed by atoms with van der Waals surface area (Å²) in [5.74, 6) is -2.26. The second-order valence-corrected chi connectivity index (χ2v) is 4.71. The molecule has 2 N–H and O–H groups in total. The molecule has 0 aromatic carbocycles. The number of carboxylic acid groups (broad SMARTS) is 1. The molecule has 126 valence electrons. The zero-order valence-corrected chi connectivity index (χ0v) is 12.9. The van der Waals surface area contributed by atoms with Crippen LogP contribution in [0.5, 0.6) is 0 Å². The Hall–Kier alpha value is -2.71. The Morgan fingerprint density at radius 2 is 2.17 bits per heavy atom. The lowest BCUT2D eigenvalue weighted by atomic mass is 10.1. The van der Waals surface area contributed by atoms with Gasteiger partial charge in [-0.2, -0.15) is 0 Å². The highest BCUT2D eigenvalue weighted by Gasteiger charge is 2.29. The number of unbranched alkanes of at least 4 members (excludes halogenated alkanes) is 1. The van der Waals surface area contributed by atoms with E-state index in [1.54, 1.807) is 6.92 Å². The summed E-state index contributed by atoms with van der Waals surface area (Å²) < 4.78 is 4.78. The Morgan fingerprint density at radius 1 is 1.48 bits per heavy atom. The largest absolute Gasteiger partial charge is 0.480 e. The number of pyridine rings is 1. The van der Waals surface area contributed by atoms with Gasteiger partial charge in [0.1, 0.15) is 11.6 Å². The summed E-state index contributed by atoms with van der Waals surface area (Å²) in [5, 5.41) is 23.0. The van der Waals surface area contributed by atoms with Gasteiger partial charge < -0.3 is 15.2 Å². The van der Waals surface area contributed by atoms with Crippen molar-refractivity contribution in [1.29, 1.82) is 0 Å². The van der Waals surface area contributed by atoms with Crippen LogP contribution in [0.1, 0.15) is 43.5 Å². The van der Waals surface area contributed by atoms with Crippen molar-refractivity contribution in [2.24, 2.45) is 0 Å². The number of hydrogen-bond donors (Lipinski definition) is 2. The maximum absolute atomic E-state index is 11.8. The topological polar surface area (TPSA) is 132 Å². The Morgan fingerprint density at radius 3 is 2.70 bits per heavy atom. The standard InChI is InChI=1S/C14H19N3O6/c1-3-5-6-10(13(18)19)16-12-11(17(21)22)9(7-8-15-12)14(20)23-4-2/h7-8,10H,3-6H2,1-2H3,(H,15,16)(H,18,19). The second-order valence-electron chi connectivity index (χ2n) is 4.71. The fraction of sp³-hybridized carbons (Fsp3) is 0.500. The SMILES string of the molecule is CCCCC(Nc1nccc(C(=O)OCC)c1[N+](=O)[O-])C(=O)O. The molecule has 0 spiro atoms. The number of nitrogens with zero attached hydrogens (tertiary/aromatic N) is 2. The Labute approximate surface area is 132 Å². The quantitative estimate of drug-likeness (QED) is 0.401. The van der Waals surface area contributed by atoms with Crippen LogP contribution in [-0.2, 0) is 9.53 Å². The van der Waals surface area contributed by atoms with Gasteiger partial charge in [0.25, 0.3) is 0 Å². The fourth-order valence-electron chi connectivity index (χ4n) is 1.95. The van der Waals surface area contributed by atoms with Gasteiger partial charge in [-0.05, 0) is 19.4 Å². The first-order valence-corrected chi connectivity index (χ1v) is 7.22. The molecule has 0 aliphatic rings. The number of anilines is 1. The van der Waals surface area contributed by atoms with Gasteiger partial charge in [0.05, 0.1) is 11.5 Å². The third-order valence-corrected chi connectivity index (χ3v) is 3.06. The van der Waals surface area contributed by atoms with E-state index < -0.39 is 28.6 Å². The molecule has 0 saturated carbocycles. The molecule has 0 aliphatic carbocycles. The number of esters is 1. The van der Waals surface area contributed by atoms with Gasteiger partial charge in [-0.1, -0.05) is 19.8 Å². The third-order valence-electron chi connectivity index (χ3n) is 3.06. The number of ether oxygens (including phenoxy) is 1. The molecule has 0 bridgehead atoms. The maximum atomic E-state index is 11.8. The first kappa shape index (κ1) is 18.3. The van der Waals surface area contributed by atoms with Gasteiger partial charge in [0.2, 0.25) is 5.82 Å². The predicted molar refractivity (Wildman–Crippen MR) is 81.4 cm³/mol. The average Bonchev–Trinajstić information content (AvgIpc) is 2.50. The average molecular weight is 325 g/mol. The summed E-state index contributed by atoms with van der Waals surface area (Å²) in [4.78, 5) is 37.4. The number of rotatable bonds is 9. The molecule has 1 unspecified atom stereocenters. The van der Waals surface area contributed by atoms with Crippen LogP contribution in [0.3, 0.4) is 0 Å². The van der Waals surface area contributed by atoms with Gasteiger partial charge in [-0.25, -0.2) is 14.6 Å². The van der Waals surface area contributed by atoms with Crippen molar-refractivity contribution in [1.82, 2.24) is 4.98 Å². The fourth-order valence-corrected chi connectivity index (χ4v) is 1.95. The molecule has 1 heterocycles. The van der Waals surface area contributed by atoms with Gasteiger partial charge in [0, 0.05) is 6.20 Å². The van der Waals surface area contributed by atoms with Crippen molar-refractivity contribution in [3.63, 3.8) is 0 Å². The van der Waals surface area contributed by atoms with Crippen LogP contribution in [0.25, 0.3) is 0 Å². The normalized spacial score (nSPS) is 11.6. The van der Waals surface area contributed by atoms with E-state index in [9.17, 15) is 24.8 Å². The summed E-state index contributed by atoms with van der Waals surface area (Å²) in [6.07, 6.45) is 2.90. The van der Waals surface area contributed by atoms with Crippen LogP contribution in [0, 0.1) is 10.1 Å². The highest BCUT2D eigenvalue weighted by atomic mass is 16.6. The summed E-state index contributed by atoms with van der Waals surface area (Å²) in [6, 6.07) is 0.141. The lowest BCUT2D eigenvalue weighted by Gasteiger charge is -2.15. The summed E-state index contributed by atoms with van der Waals surface area (Å²) in [6.45, 7) is 3.55. The Bertz CT molecular complexity index is 590. The zero-order chi connectivity index (χ0) is 17.4. The van der Waals surface area contributed by atoms with Gasteiger partial charge in [0.15, 0.2) is 0 Å². The number of nitrogens with one attached hydrogen (secondary N) is 1. The zero-order valence-electron chi connectivity index (χ0n) is 12.9. The van der Waals surface area contributed by atoms with E-state index in [-0.39, 0.29) is 24.4 Å². The first-order valence-electron chi connectivity index (χ1n) is 7.22. The van der Waals surface area contributed by atoms with Crippen molar-refractivity contribution in [2.45, 2.75) is 39.2 Å². The van der Waals surface area contributed by atoms with Crippen LogP contribution in [-0.4, -0.2) is 39.6 Å². The maximum Gasteiger partial charge on any atom is 0.345 e. The molecule has 0 saturated heterocycles.